The summed E-state index contributed by atoms with van der Waals surface area (Å²) in [5.74, 6) is -2.88. The molecule has 1 aromatic rings. The normalized spacial score (nSPS) is 37.0. The van der Waals surface area contributed by atoms with Crippen LogP contribution >= 0.6 is 0 Å². The van der Waals surface area contributed by atoms with Crippen LogP contribution in [-0.2, 0) is 28.5 Å². The fraction of sp³-hybridized carbons (Fsp3) is 0.615. The molecule has 1 saturated carbocycles. The van der Waals surface area contributed by atoms with E-state index in [1.807, 2.05) is 0 Å². The van der Waals surface area contributed by atoms with Crippen molar-refractivity contribution in [1.82, 2.24) is 0 Å². The number of ether oxygens (including phenoxy) is 7. The first-order valence-corrected chi connectivity index (χ1v) is 12.5. The van der Waals surface area contributed by atoms with E-state index in [1.54, 1.807) is 0 Å². The number of esters is 2. The fourth-order valence-electron chi connectivity index (χ4n) is 5.46. The average Bonchev–Trinajstić information content (AvgIpc) is 3.22. The van der Waals surface area contributed by atoms with Gasteiger partial charge < -0.3 is 58.7 Å². The molecule has 1 saturated heterocycles. The van der Waals surface area contributed by atoms with Gasteiger partial charge in [-0.3, -0.25) is 0 Å². The number of aliphatic hydroxyl groups is 5. The summed E-state index contributed by atoms with van der Waals surface area (Å²) in [6.45, 7) is 0.767. The minimum Gasteiger partial charge on any atom is -0.493 e. The van der Waals surface area contributed by atoms with Crippen molar-refractivity contribution >= 4 is 11.9 Å². The molecule has 1 aliphatic carbocycles. The summed E-state index contributed by atoms with van der Waals surface area (Å²) >= 11 is 0. The maximum absolute atomic E-state index is 13.2. The van der Waals surface area contributed by atoms with Gasteiger partial charge in [-0.05, 0) is 25.1 Å². The van der Waals surface area contributed by atoms with E-state index in [4.69, 9.17) is 33.2 Å². The van der Waals surface area contributed by atoms with Crippen molar-refractivity contribution in [2.45, 2.75) is 62.0 Å². The lowest BCUT2D eigenvalue weighted by molar-refractivity contribution is -0.346. The van der Waals surface area contributed by atoms with E-state index in [0.717, 1.165) is 13.4 Å². The zero-order valence-corrected chi connectivity index (χ0v) is 22.3. The lowest BCUT2D eigenvalue weighted by Crippen LogP contribution is -2.60. The lowest BCUT2D eigenvalue weighted by atomic mass is 9.80. The highest BCUT2D eigenvalue weighted by Crippen LogP contribution is 2.51. The van der Waals surface area contributed by atoms with Gasteiger partial charge in [0.25, 0.3) is 0 Å². The maximum Gasteiger partial charge on any atom is 0.338 e. The number of carbonyl (C=O) groups excluding carboxylic acids is 2. The molecule has 2 aliphatic heterocycles. The van der Waals surface area contributed by atoms with Gasteiger partial charge in [-0.15, -0.1) is 0 Å². The zero-order chi connectivity index (χ0) is 29.4. The molecule has 2 heterocycles. The van der Waals surface area contributed by atoms with Crippen LogP contribution in [0.4, 0.5) is 0 Å². The Morgan fingerprint density at radius 2 is 1.70 bits per heavy atom. The molecule has 0 amide bonds. The van der Waals surface area contributed by atoms with Crippen molar-refractivity contribution in [2.24, 2.45) is 11.8 Å². The first-order chi connectivity index (χ1) is 19.0. The number of aliphatic hydroxyl groups excluding tert-OH is 4. The van der Waals surface area contributed by atoms with Crippen LogP contribution in [0.1, 0.15) is 23.7 Å². The van der Waals surface area contributed by atoms with Crippen LogP contribution in [-0.4, -0.2) is 114 Å². The van der Waals surface area contributed by atoms with Crippen LogP contribution in [0, 0.1) is 11.8 Å². The summed E-state index contributed by atoms with van der Waals surface area (Å²) in [4.78, 5) is 25.8. The third-order valence-corrected chi connectivity index (χ3v) is 7.52. The van der Waals surface area contributed by atoms with Gasteiger partial charge in [0.05, 0.1) is 56.9 Å². The molecule has 4 rings (SSSR count). The topological polar surface area (TPSA) is 200 Å². The fourth-order valence-corrected chi connectivity index (χ4v) is 5.46. The molecule has 0 bridgehead atoms. The van der Waals surface area contributed by atoms with Crippen LogP contribution in [0.3, 0.4) is 0 Å². The largest absolute Gasteiger partial charge is 0.493 e. The number of fused-ring (bicyclic) bond motifs is 1. The van der Waals surface area contributed by atoms with Crippen molar-refractivity contribution in [3.05, 3.63) is 35.6 Å². The highest BCUT2D eigenvalue weighted by molar-refractivity contribution is 5.91. The Morgan fingerprint density at radius 1 is 1.00 bits per heavy atom. The van der Waals surface area contributed by atoms with Gasteiger partial charge >= 0.3 is 11.9 Å². The molecule has 5 N–H and O–H groups in total. The molecule has 0 spiro atoms. The maximum atomic E-state index is 13.2. The van der Waals surface area contributed by atoms with Crippen molar-refractivity contribution < 1.29 is 68.3 Å². The highest BCUT2D eigenvalue weighted by Gasteiger charge is 2.61. The molecule has 2 fully saturated rings. The first-order valence-electron chi connectivity index (χ1n) is 12.5. The summed E-state index contributed by atoms with van der Waals surface area (Å²) in [5.41, 5.74) is -1.53. The lowest BCUT2D eigenvalue weighted by Gasteiger charge is -2.44. The van der Waals surface area contributed by atoms with Crippen LogP contribution < -0.4 is 9.47 Å². The van der Waals surface area contributed by atoms with E-state index in [1.165, 1.54) is 39.3 Å². The van der Waals surface area contributed by atoms with E-state index >= 15 is 0 Å². The van der Waals surface area contributed by atoms with E-state index in [-0.39, 0.29) is 17.6 Å². The molecule has 10 atom stereocenters. The Labute approximate surface area is 229 Å². The van der Waals surface area contributed by atoms with Crippen LogP contribution in [0.15, 0.2) is 30.0 Å². The van der Waals surface area contributed by atoms with Crippen LogP contribution in [0.2, 0.25) is 0 Å². The zero-order valence-electron chi connectivity index (χ0n) is 22.3. The molecule has 0 aromatic heterocycles. The predicted molar refractivity (Wildman–Crippen MR) is 131 cm³/mol. The number of hydrogen-bond donors (Lipinski definition) is 5. The number of carbonyl (C=O) groups is 2. The van der Waals surface area contributed by atoms with E-state index in [9.17, 15) is 35.1 Å². The van der Waals surface area contributed by atoms with Gasteiger partial charge in [-0.1, -0.05) is 0 Å². The Morgan fingerprint density at radius 3 is 2.33 bits per heavy atom. The Balaban J connectivity index is 1.62. The number of benzene rings is 1. The monoisotopic (exact) mass is 570 g/mol. The van der Waals surface area contributed by atoms with Crippen molar-refractivity contribution in [1.29, 1.82) is 0 Å². The summed E-state index contributed by atoms with van der Waals surface area (Å²) in [5, 5.41) is 51.6. The molecule has 1 aromatic carbocycles. The predicted octanol–water partition coefficient (Wildman–Crippen LogP) is -1.15. The van der Waals surface area contributed by atoms with E-state index in [0.29, 0.717) is 11.5 Å². The summed E-state index contributed by atoms with van der Waals surface area (Å²) in [6.07, 6.45) is -9.39. The molecule has 40 heavy (non-hydrogen) atoms. The highest BCUT2D eigenvalue weighted by atomic mass is 16.8. The molecular weight excluding hydrogens is 536 g/mol. The second kappa shape index (κ2) is 11.9. The van der Waals surface area contributed by atoms with Crippen molar-refractivity contribution in [3.63, 3.8) is 0 Å². The summed E-state index contributed by atoms with van der Waals surface area (Å²) in [6, 6.07) is 4.43. The van der Waals surface area contributed by atoms with Gasteiger partial charge in [-0.2, -0.15) is 0 Å². The minimum absolute atomic E-state index is 0.0240. The number of rotatable bonds is 8. The SMILES string of the molecule is COC(=O)C1=CO[C@@H](O[C@@H]2O[C@H](CO)[C@@H](O)[C@H](O)[C@H]2O)[C@H]2[C@@H]1[C@H](OC(=O)c1ccc(OC)c(OC)c1)C[C@]2(C)O. The van der Waals surface area contributed by atoms with Crippen molar-refractivity contribution in [3.8, 4) is 11.5 Å². The smallest absolute Gasteiger partial charge is 0.338 e. The van der Waals surface area contributed by atoms with E-state index < -0.39 is 79.1 Å². The van der Waals surface area contributed by atoms with Crippen LogP contribution in [0.5, 0.6) is 11.5 Å². The molecule has 0 unspecified atom stereocenters. The quantitative estimate of drug-likeness (QED) is 0.235. The first kappa shape index (κ1) is 30.0. The Hall–Kier alpha value is -2.98. The average molecular weight is 571 g/mol. The second-order valence-corrected chi connectivity index (χ2v) is 10.0. The van der Waals surface area contributed by atoms with Gasteiger partial charge in [0.1, 0.15) is 30.5 Å². The molecule has 0 radical (unpaired) electrons. The minimum atomic E-state index is -1.74. The third kappa shape index (κ3) is 5.48. The summed E-state index contributed by atoms with van der Waals surface area (Å²) < 4.78 is 38.0. The van der Waals surface area contributed by atoms with Crippen LogP contribution in [0.25, 0.3) is 0 Å². The van der Waals surface area contributed by atoms with Gasteiger partial charge in [0, 0.05) is 12.3 Å². The van der Waals surface area contributed by atoms with Crippen molar-refractivity contribution in [2.75, 3.05) is 27.9 Å². The Bertz CT molecular complexity index is 1120. The van der Waals surface area contributed by atoms with Gasteiger partial charge in [0.15, 0.2) is 17.8 Å². The van der Waals surface area contributed by atoms with Gasteiger partial charge in [-0.25, -0.2) is 9.59 Å². The van der Waals surface area contributed by atoms with Gasteiger partial charge in [0.2, 0.25) is 6.29 Å². The van der Waals surface area contributed by atoms with E-state index in [2.05, 4.69) is 0 Å². The number of methoxy groups -OCH3 is 3. The summed E-state index contributed by atoms with van der Waals surface area (Å²) in [7, 11) is 4.02. The molecule has 3 aliphatic rings. The third-order valence-electron chi connectivity index (χ3n) is 7.52. The molecule has 14 heteroatoms. The molecule has 14 nitrogen and oxygen atoms in total. The standard InChI is InChI=1S/C26H34O14/c1-26(33)8-15(38-22(31)11-5-6-13(34-2)14(7-11)35-3)17-12(23(32)36-4)10-37-24(18(17)26)40-25-21(30)20(29)19(28)16(9-27)39-25/h5-7,10,15-21,24-25,27-30,33H,8-9H2,1-4H3/t15-,16-,17+,18-,19-,20+,21-,24+,25+,26+/m1/s1. The molecule has 222 valence electrons. The molecular formula is C26H34O14. The number of hydrogen-bond acceptors (Lipinski definition) is 14. The Kier molecular flexibility index (Phi) is 8.89. The second-order valence-electron chi connectivity index (χ2n) is 10.0.